The number of carbonyl (C=O) groups is 1. The molecule has 4 aliphatic carbocycles. The lowest BCUT2D eigenvalue weighted by Gasteiger charge is -2.59. The molecule has 1 amide bonds. The molecule has 0 aliphatic heterocycles. The standard InChI is InChI=1S/C22H28N2O2/c1-14(26-20-5-3-16(13-23)4-6-20)21(25)24-15(2)22-10-17-7-18(11-22)9-19(8-17)12-22/h3-6,14-15,17-19H,7-12H2,1-2H3,(H,24,25)/t14-,15-,17?,18?,19?,22?/m0/s1. The van der Waals surface area contributed by atoms with Gasteiger partial charge in [-0.2, -0.15) is 5.26 Å². The maximum Gasteiger partial charge on any atom is 0.261 e. The van der Waals surface area contributed by atoms with Crippen LogP contribution >= 0.6 is 0 Å². The van der Waals surface area contributed by atoms with E-state index in [1.165, 1.54) is 38.5 Å². The Morgan fingerprint density at radius 1 is 1.12 bits per heavy atom. The summed E-state index contributed by atoms with van der Waals surface area (Å²) in [4.78, 5) is 12.7. The number of nitrogens with one attached hydrogen (secondary N) is 1. The van der Waals surface area contributed by atoms with Gasteiger partial charge in [-0.3, -0.25) is 4.79 Å². The third-order valence-corrected chi connectivity index (χ3v) is 7.03. The maximum atomic E-state index is 12.7. The van der Waals surface area contributed by atoms with Crippen molar-refractivity contribution < 1.29 is 9.53 Å². The van der Waals surface area contributed by atoms with Gasteiger partial charge in [0.25, 0.3) is 5.91 Å². The van der Waals surface area contributed by atoms with Gasteiger partial charge in [0.1, 0.15) is 5.75 Å². The third-order valence-electron chi connectivity index (χ3n) is 7.03. The van der Waals surface area contributed by atoms with Gasteiger partial charge in [-0.15, -0.1) is 0 Å². The lowest BCUT2D eigenvalue weighted by molar-refractivity contribution is -0.131. The van der Waals surface area contributed by atoms with Gasteiger partial charge < -0.3 is 10.1 Å². The van der Waals surface area contributed by atoms with Gasteiger partial charge in [0.2, 0.25) is 0 Å². The smallest absolute Gasteiger partial charge is 0.261 e. The van der Waals surface area contributed by atoms with Crippen LogP contribution in [-0.2, 0) is 4.79 Å². The Balaban J connectivity index is 1.37. The van der Waals surface area contributed by atoms with Crippen LogP contribution in [0.1, 0.15) is 57.9 Å². The molecule has 2 atom stereocenters. The molecule has 5 rings (SSSR count). The summed E-state index contributed by atoms with van der Waals surface area (Å²) in [5.74, 6) is 3.22. The summed E-state index contributed by atoms with van der Waals surface area (Å²) in [6.45, 7) is 3.99. The number of ether oxygens (including phenoxy) is 1. The SMILES string of the molecule is C[C@H](Oc1ccc(C#N)cc1)C(=O)N[C@@H](C)C12CC3CC(CC(C3)C1)C2. The van der Waals surface area contributed by atoms with Crippen LogP contribution in [0.4, 0.5) is 0 Å². The van der Waals surface area contributed by atoms with Crippen molar-refractivity contribution in [3.63, 3.8) is 0 Å². The highest BCUT2D eigenvalue weighted by atomic mass is 16.5. The van der Waals surface area contributed by atoms with Crippen molar-refractivity contribution in [2.75, 3.05) is 0 Å². The molecule has 4 bridgehead atoms. The number of hydrogen-bond acceptors (Lipinski definition) is 3. The monoisotopic (exact) mass is 352 g/mol. The molecule has 4 fully saturated rings. The molecule has 0 unspecified atom stereocenters. The zero-order valence-corrected chi connectivity index (χ0v) is 15.7. The Morgan fingerprint density at radius 3 is 2.15 bits per heavy atom. The minimum absolute atomic E-state index is 0.0439. The Morgan fingerprint density at radius 2 is 1.65 bits per heavy atom. The number of carbonyl (C=O) groups excluding carboxylic acids is 1. The van der Waals surface area contributed by atoms with Crippen molar-refractivity contribution in [1.82, 2.24) is 5.32 Å². The van der Waals surface area contributed by atoms with Crippen molar-refractivity contribution >= 4 is 5.91 Å². The Hall–Kier alpha value is -2.02. The van der Waals surface area contributed by atoms with Crippen LogP contribution < -0.4 is 10.1 Å². The van der Waals surface area contributed by atoms with E-state index in [9.17, 15) is 4.79 Å². The average Bonchev–Trinajstić information content (AvgIpc) is 2.61. The number of benzene rings is 1. The summed E-state index contributed by atoms with van der Waals surface area (Å²) in [5.41, 5.74) is 0.892. The molecule has 0 aromatic heterocycles. The maximum absolute atomic E-state index is 12.7. The minimum Gasteiger partial charge on any atom is -0.481 e. The first-order valence-electron chi connectivity index (χ1n) is 9.94. The van der Waals surface area contributed by atoms with E-state index in [-0.39, 0.29) is 11.9 Å². The second kappa shape index (κ2) is 6.61. The molecule has 4 aliphatic rings. The van der Waals surface area contributed by atoms with Gasteiger partial charge in [0, 0.05) is 6.04 Å². The van der Waals surface area contributed by atoms with E-state index >= 15 is 0 Å². The normalized spacial score (nSPS) is 34.0. The van der Waals surface area contributed by atoms with E-state index in [4.69, 9.17) is 10.00 Å². The summed E-state index contributed by atoms with van der Waals surface area (Å²) in [6.07, 6.45) is 7.55. The first kappa shape index (κ1) is 17.4. The quantitative estimate of drug-likeness (QED) is 0.870. The molecule has 0 spiro atoms. The zero-order chi connectivity index (χ0) is 18.3. The van der Waals surface area contributed by atoms with E-state index in [0.717, 1.165) is 17.8 Å². The van der Waals surface area contributed by atoms with Crippen molar-refractivity contribution in [2.45, 2.75) is 64.5 Å². The molecule has 1 aromatic carbocycles. The van der Waals surface area contributed by atoms with Crippen LogP contribution in [0.25, 0.3) is 0 Å². The first-order chi connectivity index (χ1) is 12.5. The molecule has 0 heterocycles. The zero-order valence-electron chi connectivity index (χ0n) is 15.7. The molecule has 4 nitrogen and oxygen atoms in total. The summed E-state index contributed by atoms with van der Waals surface area (Å²) in [7, 11) is 0. The van der Waals surface area contributed by atoms with Gasteiger partial charge in [-0.25, -0.2) is 0 Å². The molecular formula is C22H28N2O2. The highest BCUT2D eigenvalue weighted by molar-refractivity contribution is 5.81. The van der Waals surface area contributed by atoms with Crippen LogP contribution in [-0.4, -0.2) is 18.1 Å². The average molecular weight is 352 g/mol. The number of hydrogen-bond donors (Lipinski definition) is 1. The molecular weight excluding hydrogens is 324 g/mol. The number of nitrogens with zero attached hydrogens (tertiary/aromatic N) is 1. The van der Waals surface area contributed by atoms with Gasteiger partial charge in [0.15, 0.2) is 6.10 Å². The summed E-state index contributed by atoms with van der Waals surface area (Å²) in [6, 6.07) is 9.18. The largest absolute Gasteiger partial charge is 0.481 e. The second-order valence-corrected chi connectivity index (χ2v) is 8.91. The molecule has 1 aromatic rings. The van der Waals surface area contributed by atoms with E-state index in [2.05, 4.69) is 18.3 Å². The summed E-state index contributed by atoms with van der Waals surface area (Å²) in [5, 5.41) is 12.1. The van der Waals surface area contributed by atoms with Crippen molar-refractivity contribution in [2.24, 2.45) is 23.2 Å². The minimum atomic E-state index is -0.542. The number of amides is 1. The lowest BCUT2D eigenvalue weighted by atomic mass is 9.48. The molecule has 138 valence electrons. The third kappa shape index (κ3) is 3.20. The topological polar surface area (TPSA) is 62.1 Å². The van der Waals surface area contributed by atoms with Crippen molar-refractivity contribution in [3.8, 4) is 11.8 Å². The molecule has 1 N–H and O–H groups in total. The second-order valence-electron chi connectivity index (χ2n) is 8.91. The molecule has 4 heteroatoms. The summed E-state index contributed by atoms with van der Waals surface area (Å²) >= 11 is 0. The number of rotatable bonds is 5. The van der Waals surface area contributed by atoms with Crippen LogP contribution in [0.2, 0.25) is 0 Å². The fourth-order valence-corrected chi connectivity index (χ4v) is 6.06. The van der Waals surface area contributed by atoms with E-state index < -0.39 is 6.10 Å². The van der Waals surface area contributed by atoms with Crippen molar-refractivity contribution in [1.29, 1.82) is 5.26 Å². The highest BCUT2D eigenvalue weighted by Crippen LogP contribution is 2.61. The van der Waals surface area contributed by atoms with Crippen molar-refractivity contribution in [3.05, 3.63) is 29.8 Å². The fraction of sp³-hybridized carbons (Fsp3) is 0.636. The Bertz CT molecular complexity index is 683. The lowest BCUT2D eigenvalue weighted by Crippen LogP contribution is -2.57. The van der Waals surface area contributed by atoms with E-state index in [1.54, 1.807) is 31.2 Å². The van der Waals surface area contributed by atoms with Gasteiger partial charge in [-0.05, 0) is 99.8 Å². The molecule has 4 saturated carbocycles. The molecule has 0 radical (unpaired) electrons. The molecule has 26 heavy (non-hydrogen) atoms. The number of nitriles is 1. The Kier molecular flexibility index (Phi) is 4.42. The predicted molar refractivity (Wildman–Crippen MR) is 99.5 cm³/mol. The van der Waals surface area contributed by atoms with Crippen LogP contribution in [0.15, 0.2) is 24.3 Å². The Labute approximate surface area is 155 Å². The van der Waals surface area contributed by atoms with Crippen LogP contribution in [0.3, 0.4) is 0 Å². The first-order valence-corrected chi connectivity index (χ1v) is 9.94. The van der Waals surface area contributed by atoms with Crippen LogP contribution in [0.5, 0.6) is 5.75 Å². The molecule has 0 saturated heterocycles. The van der Waals surface area contributed by atoms with Crippen LogP contribution in [0, 0.1) is 34.5 Å². The van der Waals surface area contributed by atoms with Gasteiger partial charge in [0.05, 0.1) is 11.6 Å². The highest BCUT2D eigenvalue weighted by Gasteiger charge is 2.53. The fourth-order valence-electron chi connectivity index (χ4n) is 6.06. The predicted octanol–water partition coefficient (Wildman–Crippen LogP) is 4.05. The van der Waals surface area contributed by atoms with E-state index in [0.29, 0.717) is 16.7 Å². The van der Waals surface area contributed by atoms with Gasteiger partial charge >= 0.3 is 0 Å². The van der Waals surface area contributed by atoms with E-state index in [1.807, 2.05) is 0 Å². The van der Waals surface area contributed by atoms with Gasteiger partial charge in [-0.1, -0.05) is 0 Å². The summed E-state index contributed by atoms with van der Waals surface area (Å²) < 4.78 is 5.77.